The Bertz CT molecular complexity index is 475. The molecule has 0 aromatic heterocycles. The fourth-order valence-electron chi connectivity index (χ4n) is 3.84. The lowest BCUT2D eigenvalue weighted by Crippen LogP contribution is -2.47. The maximum absolute atomic E-state index is 6.11. The van der Waals surface area contributed by atoms with Crippen LogP contribution in [0.3, 0.4) is 0 Å². The van der Waals surface area contributed by atoms with E-state index in [-0.39, 0.29) is 5.60 Å². The first-order chi connectivity index (χ1) is 10.0. The number of hydrogen-bond donors (Lipinski definition) is 1. The number of likely N-dealkylation sites (N-methyl/N-ethyl adjacent to an activating group) is 1. The van der Waals surface area contributed by atoms with Gasteiger partial charge in [-0.2, -0.15) is 0 Å². The molecule has 1 aliphatic carbocycles. The quantitative estimate of drug-likeness (QED) is 0.854. The third-order valence-corrected chi connectivity index (χ3v) is 5.23. The molecule has 1 aliphatic rings. The van der Waals surface area contributed by atoms with Gasteiger partial charge in [0.15, 0.2) is 0 Å². The number of nitrogens with one attached hydrogen (secondary N) is 1. The van der Waals surface area contributed by atoms with Crippen LogP contribution in [0.5, 0.6) is 0 Å². The van der Waals surface area contributed by atoms with Crippen molar-refractivity contribution in [2.45, 2.75) is 71.4 Å². The highest BCUT2D eigenvalue weighted by Crippen LogP contribution is 2.42. The Morgan fingerprint density at radius 3 is 2.24 bits per heavy atom. The van der Waals surface area contributed by atoms with Crippen molar-refractivity contribution in [1.82, 2.24) is 5.32 Å². The number of hydrogen-bond acceptors (Lipinski definition) is 2. The highest BCUT2D eigenvalue weighted by Gasteiger charge is 2.41. The minimum atomic E-state index is -0.0410. The van der Waals surface area contributed by atoms with E-state index in [1.54, 1.807) is 0 Å². The average molecular weight is 289 g/mol. The van der Waals surface area contributed by atoms with Gasteiger partial charge in [0.05, 0.1) is 11.6 Å². The Hall–Kier alpha value is -0.860. The van der Waals surface area contributed by atoms with Gasteiger partial charge in [-0.15, -0.1) is 0 Å². The summed E-state index contributed by atoms with van der Waals surface area (Å²) in [6, 6.07) is 4.99. The van der Waals surface area contributed by atoms with E-state index in [1.165, 1.54) is 41.5 Å². The molecule has 0 bridgehead atoms. The van der Waals surface area contributed by atoms with Crippen molar-refractivity contribution < 1.29 is 4.74 Å². The largest absolute Gasteiger partial charge is 0.376 e. The van der Waals surface area contributed by atoms with E-state index >= 15 is 0 Å². The minimum absolute atomic E-state index is 0.0410. The van der Waals surface area contributed by atoms with Gasteiger partial charge in [-0.25, -0.2) is 0 Å². The van der Waals surface area contributed by atoms with Crippen molar-refractivity contribution >= 4 is 0 Å². The van der Waals surface area contributed by atoms with Gasteiger partial charge in [-0.3, -0.25) is 0 Å². The van der Waals surface area contributed by atoms with Crippen LogP contribution >= 0.6 is 0 Å². The van der Waals surface area contributed by atoms with Gasteiger partial charge in [0, 0.05) is 7.11 Å². The first kappa shape index (κ1) is 16.5. The summed E-state index contributed by atoms with van der Waals surface area (Å²) in [5, 5.41) is 3.72. The Kier molecular flexibility index (Phi) is 5.45. The van der Waals surface area contributed by atoms with Crippen LogP contribution in [0.1, 0.15) is 67.3 Å². The zero-order valence-electron chi connectivity index (χ0n) is 14.4. The molecule has 1 N–H and O–H groups in total. The number of rotatable bonds is 5. The normalized spacial score (nSPS) is 19.5. The zero-order valence-corrected chi connectivity index (χ0v) is 14.4. The summed E-state index contributed by atoms with van der Waals surface area (Å²) in [5.74, 6) is 0. The fourth-order valence-corrected chi connectivity index (χ4v) is 3.84. The van der Waals surface area contributed by atoms with Crippen molar-refractivity contribution in [3.8, 4) is 0 Å². The molecule has 0 saturated heterocycles. The molecule has 2 heteroatoms. The number of aryl methyl sites for hydroxylation is 3. The molecule has 1 aromatic carbocycles. The second kappa shape index (κ2) is 6.93. The molecule has 0 aliphatic heterocycles. The monoisotopic (exact) mass is 289 g/mol. The molecule has 21 heavy (non-hydrogen) atoms. The molecule has 118 valence electrons. The summed E-state index contributed by atoms with van der Waals surface area (Å²) in [5.41, 5.74) is 5.51. The van der Waals surface area contributed by atoms with Crippen molar-refractivity contribution in [3.63, 3.8) is 0 Å². The lowest BCUT2D eigenvalue weighted by molar-refractivity contribution is -0.0686. The van der Waals surface area contributed by atoms with Gasteiger partial charge in [-0.05, 0) is 62.4 Å². The van der Waals surface area contributed by atoms with Crippen LogP contribution in [0.15, 0.2) is 12.1 Å². The minimum Gasteiger partial charge on any atom is -0.376 e. The molecule has 0 amide bonds. The van der Waals surface area contributed by atoms with Crippen LogP contribution in [0.25, 0.3) is 0 Å². The summed E-state index contributed by atoms with van der Waals surface area (Å²) in [6.07, 6.45) is 6.22. The molecule has 0 heterocycles. The Morgan fingerprint density at radius 2 is 1.67 bits per heavy atom. The molecule has 2 nitrogen and oxygen atoms in total. The van der Waals surface area contributed by atoms with Crippen LogP contribution < -0.4 is 5.32 Å². The van der Waals surface area contributed by atoms with Gasteiger partial charge in [0.2, 0.25) is 0 Å². The van der Waals surface area contributed by atoms with E-state index in [9.17, 15) is 0 Å². The van der Waals surface area contributed by atoms with Crippen molar-refractivity contribution in [2.75, 3.05) is 13.7 Å². The van der Waals surface area contributed by atoms with Crippen molar-refractivity contribution in [3.05, 3.63) is 34.4 Å². The van der Waals surface area contributed by atoms with Crippen LogP contribution in [0, 0.1) is 20.8 Å². The van der Waals surface area contributed by atoms with Crippen molar-refractivity contribution in [1.29, 1.82) is 0 Å². The standard InChI is InChI=1S/C19H31NO/c1-6-20-18(19(21-5)10-8-7-9-11-19)17-13-15(3)14(2)12-16(17)4/h12-13,18,20H,6-11H2,1-5H3. The maximum atomic E-state index is 6.11. The van der Waals surface area contributed by atoms with E-state index in [4.69, 9.17) is 4.74 Å². The molecule has 1 unspecified atom stereocenters. The van der Waals surface area contributed by atoms with E-state index in [0.717, 1.165) is 19.4 Å². The van der Waals surface area contributed by atoms with Crippen LogP contribution in [-0.2, 0) is 4.74 Å². The lowest BCUT2D eigenvalue weighted by atomic mass is 9.75. The molecule has 1 atom stereocenters. The number of benzene rings is 1. The topological polar surface area (TPSA) is 21.3 Å². The van der Waals surface area contributed by atoms with Gasteiger partial charge >= 0.3 is 0 Å². The third kappa shape index (κ3) is 3.32. The first-order valence-corrected chi connectivity index (χ1v) is 8.40. The summed E-state index contributed by atoms with van der Waals surface area (Å²) in [7, 11) is 1.89. The summed E-state index contributed by atoms with van der Waals surface area (Å²) in [6.45, 7) is 9.80. The van der Waals surface area contributed by atoms with E-state index in [1.807, 2.05) is 7.11 Å². The number of methoxy groups -OCH3 is 1. The van der Waals surface area contributed by atoms with Crippen molar-refractivity contribution in [2.24, 2.45) is 0 Å². The molecular formula is C19H31NO. The summed E-state index contributed by atoms with van der Waals surface area (Å²) in [4.78, 5) is 0. The zero-order chi connectivity index (χ0) is 15.5. The molecule has 0 radical (unpaired) electrons. The lowest BCUT2D eigenvalue weighted by Gasteiger charge is -2.43. The SMILES string of the molecule is CCNC(c1cc(C)c(C)cc1C)C1(OC)CCCCC1. The molecule has 1 saturated carbocycles. The molecule has 1 aromatic rings. The average Bonchev–Trinajstić information content (AvgIpc) is 2.49. The first-order valence-electron chi connectivity index (χ1n) is 8.40. The highest BCUT2D eigenvalue weighted by atomic mass is 16.5. The highest BCUT2D eigenvalue weighted by molar-refractivity contribution is 5.39. The molecular weight excluding hydrogens is 258 g/mol. The van der Waals surface area contributed by atoms with Gasteiger partial charge < -0.3 is 10.1 Å². The fraction of sp³-hybridized carbons (Fsp3) is 0.684. The molecule has 1 fully saturated rings. The third-order valence-electron chi connectivity index (χ3n) is 5.23. The summed E-state index contributed by atoms with van der Waals surface area (Å²) < 4.78 is 6.11. The predicted molar refractivity (Wildman–Crippen MR) is 89.9 cm³/mol. The summed E-state index contributed by atoms with van der Waals surface area (Å²) >= 11 is 0. The maximum Gasteiger partial charge on any atom is 0.0872 e. The van der Waals surface area contributed by atoms with Crippen LogP contribution in [-0.4, -0.2) is 19.3 Å². The second-order valence-corrected chi connectivity index (χ2v) is 6.61. The Morgan fingerprint density at radius 1 is 1.05 bits per heavy atom. The van der Waals surface area contributed by atoms with Gasteiger partial charge in [0.25, 0.3) is 0 Å². The number of ether oxygens (including phenoxy) is 1. The van der Waals surface area contributed by atoms with E-state index < -0.39 is 0 Å². The van der Waals surface area contributed by atoms with Crippen LogP contribution in [0.2, 0.25) is 0 Å². The smallest absolute Gasteiger partial charge is 0.0872 e. The Labute approximate surface area is 130 Å². The van der Waals surface area contributed by atoms with E-state index in [0.29, 0.717) is 6.04 Å². The Balaban J connectivity index is 2.44. The van der Waals surface area contributed by atoms with E-state index in [2.05, 4.69) is 45.1 Å². The predicted octanol–water partition coefficient (Wildman–Crippen LogP) is 4.61. The molecule has 0 spiro atoms. The molecule has 2 rings (SSSR count). The second-order valence-electron chi connectivity index (χ2n) is 6.61. The van der Waals surface area contributed by atoms with Crippen LogP contribution in [0.4, 0.5) is 0 Å². The van der Waals surface area contributed by atoms with Gasteiger partial charge in [-0.1, -0.05) is 38.3 Å². The van der Waals surface area contributed by atoms with Gasteiger partial charge in [0.1, 0.15) is 0 Å².